The molecule has 2 rings (SSSR count). The molecule has 7 heteroatoms. The second kappa shape index (κ2) is 8.86. The van der Waals surface area contributed by atoms with Crippen LogP contribution in [0.5, 0.6) is 0 Å². The third-order valence-corrected chi connectivity index (χ3v) is 3.78. The van der Waals surface area contributed by atoms with Crippen molar-refractivity contribution in [3.63, 3.8) is 0 Å². The van der Waals surface area contributed by atoms with E-state index in [2.05, 4.69) is 23.9 Å². The minimum atomic E-state index is -0.584. The molecule has 1 heterocycles. The number of H-pyrrole nitrogens is 1. The van der Waals surface area contributed by atoms with Crippen molar-refractivity contribution in [1.82, 2.24) is 15.1 Å². The molecule has 0 saturated heterocycles. The normalized spacial score (nSPS) is 10.6. The first-order valence-electron chi connectivity index (χ1n) is 8.40. The number of unbranched alkanes of at least 4 members (excludes halogenated alkanes) is 3. The Morgan fingerprint density at radius 1 is 1.32 bits per heavy atom. The summed E-state index contributed by atoms with van der Waals surface area (Å²) in [6.45, 7) is 6.16. The van der Waals surface area contributed by atoms with Crippen LogP contribution in [0.3, 0.4) is 0 Å². The molecule has 0 bridgehead atoms. The number of nitrogens with one attached hydrogen (secondary N) is 2. The van der Waals surface area contributed by atoms with E-state index in [1.54, 1.807) is 12.1 Å². The monoisotopic (exact) mass is 345 g/mol. The average Bonchev–Trinajstić information content (AvgIpc) is 2.96. The van der Waals surface area contributed by atoms with E-state index < -0.39 is 17.6 Å². The van der Waals surface area contributed by atoms with E-state index in [4.69, 9.17) is 4.74 Å². The van der Waals surface area contributed by atoms with Crippen molar-refractivity contribution in [2.45, 2.75) is 32.6 Å². The van der Waals surface area contributed by atoms with Gasteiger partial charge in [0.25, 0.3) is 5.56 Å². The van der Waals surface area contributed by atoms with Crippen LogP contribution in [0.4, 0.5) is 4.79 Å². The van der Waals surface area contributed by atoms with Gasteiger partial charge in [-0.2, -0.15) is 4.68 Å². The Morgan fingerprint density at radius 3 is 2.84 bits per heavy atom. The van der Waals surface area contributed by atoms with Crippen LogP contribution in [0.25, 0.3) is 10.9 Å². The zero-order chi connectivity index (χ0) is 18.2. The summed E-state index contributed by atoms with van der Waals surface area (Å²) in [6.07, 6.45) is 5.56. The van der Waals surface area contributed by atoms with Gasteiger partial charge in [0.05, 0.1) is 16.5 Å². The Kier molecular flexibility index (Phi) is 6.56. The predicted molar refractivity (Wildman–Crippen MR) is 96.0 cm³/mol. The molecule has 134 valence electrons. The van der Waals surface area contributed by atoms with Gasteiger partial charge >= 0.3 is 12.0 Å². The van der Waals surface area contributed by atoms with Gasteiger partial charge in [-0.15, -0.1) is 0 Å². The zero-order valence-corrected chi connectivity index (χ0v) is 14.3. The minimum absolute atomic E-state index is 0.0679. The van der Waals surface area contributed by atoms with Gasteiger partial charge in [0.1, 0.15) is 6.61 Å². The van der Waals surface area contributed by atoms with Crippen LogP contribution in [-0.2, 0) is 4.74 Å². The van der Waals surface area contributed by atoms with Gasteiger partial charge in [0, 0.05) is 6.54 Å². The fraction of sp³-hybridized carbons (Fsp3) is 0.389. The number of hydrogen-bond donors (Lipinski definition) is 2. The number of aromatic amines is 1. The summed E-state index contributed by atoms with van der Waals surface area (Å²) in [4.78, 5) is 36.7. The maximum absolute atomic E-state index is 12.4. The van der Waals surface area contributed by atoms with Crippen molar-refractivity contribution in [1.29, 1.82) is 0 Å². The number of carbonyl (C=O) groups excluding carboxylic acids is 2. The van der Waals surface area contributed by atoms with Gasteiger partial charge in [-0.05, 0) is 18.6 Å². The number of nitrogens with zero attached hydrogens (tertiary/aromatic N) is 1. The van der Waals surface area contributed by atoms with E-state index in [0.29, 0.717) is 6.54 Å². The van der Waals surface area contributed by atoms with Gasteiger partial charge in [0.2, 0.25) is 0 Å². The maximum atomic E-state index is 12.4. The largest absolute Gasteiger partial charge is 0.458 e. The molecular weight excluding hydrogens is 322 g/mol. The van der Waals surface area contributed by atoms with Crippen LogP contribution < -0.4 is 10.9 Å². The zero-order valence-electron chi connectivity index (χ0n) is 14.3. The second-order valence-corrected chi connectivity index (χ2v) is 5.66. The highest BCUT2D eigenvalue weighted by atomic mass is 16.5. The first kappa shape index (κ1) is 18.5. The van der Waals surface area contributed by atoms with Gasteiger partial charge in [-0.25, -0.2) is 9.59 Å². The van der Waals surface area contributed by atoms with E-state index in [9.17, 15) is 14.4 Å². The van der Waals surface area contributed by atoms with Crippen molar-refractivity contribution >= 4 is 22.9 Å². The smallest absolute Gasteiger partial charge is 0.343 e. The Labute approximate surface area is 145 Å². The molecule has 0 fully saturated rings. The molecule has 0 radical (unpaired) electrons. The lowest BCUT2D eigenvalue weighted by molar-refractivity contribution is 0.0551. The number of fused-ring (bicyclic) bond motifs is 1. The molecule has 25 heavy (non-hydrogen) atoms. The van der Waals surface area contributed by atoms with E-state index >= 15 is 0 Å². The molecule has 0 saturated carbocycles. The van der Waals surface area contributed by atoms with Crippen molar-refractivity contribution in [3.8, 4) is 0 Å². The molecule has 0 spiro atoms. The van der Waals surface area contributed by atoms with E-state index in [1.165, 1.54) is 12.1 Å². The minimum Gasteiger partial charge on any atom is -0.458 e. The number of hydrogen-bond acceptors (Lipinski definition) is 4. The summed E-state index contributed by atoms with van der Waals surface area (Å²) < 4.78 is 5.89. The molecule has 2 N–H and O–H groups in total. The highest BCUT2D eigenvalue weighted by Crippen LogP contribution is 2.15. The van der Waals surface area contributed by atoms with Gasteiger partial charge in [-0.1, -0.05) is 44.9 Å². The summed E-state index contributed by atoms with van der Waals surface area (Å²) in [5.41, 5.74) is -0.0203. The number of carbonyl (C=O) groups is 2. The Balaban J connectivity index is 2.20. The van der Waals surface area contributed by atoms with Crippen LogP contribution >= 0.6 is 0 Å². The van der Waals surface area contributed by atoms with Crippen molar-refractivity contribution < 1.29 is 14.3 Å². The fourth-order valence-electron chi connectivity index (χ4n) is 2.49. The van der Waals surface area contributed by atoms with Gasteiger partial charge in [0.15, 0.2) is 0 Å². The first-order chi connectivity index (χ1) is 12.1. The van der Waals surface area contributed by atoms with Crippen LogP contribution in [0.1, 0.15) is 43.0 Å². The van der Waals surface area contributed by atoms with Gasteiger partial charge < -0.3 is 10.1 Å². The lowest BCUT2D eigenvalue weighted by Crippen LogP contribution is -2.35. The topological polar surface area (TPSA) is 93.2 Å². The standard InChI is InChI=1S/C18H23N3O4/c1-3-5-6-7-11-19-18(24)21-16(22)13-9-8-10-14(15(13)20-21)17(23)25-12-4-2/h4,8-10,20H,2-3,5-7,11-12H2,1H3,(H,19,24). The highest BCUT2D eigenvalue weighted by Gasteiger charge is 2.18. The number of amides is 1. The van der Waals surface area contributed by atoms with Crippen LogP contribution in [0.15, 0.2) is 35.6 Å². The van der Waals surface area contributed by atoms with E-state index in [-0.39, 0.29) is 23.1 Å². The fourth-order valence-corrected chi connectivity index (χ4v) is 2.49. The number of esters is 1. The third kappa shape index (κ3) is 4.37. The van der Waals surface area contributed by atoms with Crippen molar-refractivity contribution in [3.05, 3.63) is 46.8 Å². The molecule has 1 aromatic heterocycles. The molecule has 1 amide bonds. The van der Waals surface area contributed by atoms with Crippen molar-refractivity contribution in [2.75, 3.05) is 13.2 Å². The molecule has 7 nitrogen and oxygen atoms in total. The third-order valence-electron chi connectivity index (χ3n) is 3.78. The second-order valence-electron chi connectivity index (χ2n) is 5.66. The Hall–Kier alpha value is -2.83. The highest BCUT2D eigenvalue weighted by molar-refractivity contribution is 6.03. The maximum Gasteiger partial charge on any atom is 0.343 e. The number of rotatable bonds is 8. The SMILES string of the molecule is C=CCOC(=O)c1cccc2c(=O)n(C(=O)NCCCCCC)[nH]c12. The van der Waals surface area contributed by atoms with E-state index in [1.807, 2.05) is 0 Å². The Morgan fingerprint density at radius 2 is 2.12 bits per heavy atom. The summed E-state index contributed by atoms with van der Waals surface area (Å²) in [7, 11) is 0. The Bertz CT molecular complexity index is 819. The predicted octanol–water partition coefficient (Wildman–Crippen LogP) is 2.81. The molecule has 1 aromatic carbocycles. The molecule has 2 aromatic rings. The number of para-hydroxylation sites is 1. The van der Waals surface area contributed by atoms with Crippen LogP contribution in [0, 0.1) is 0 Å². The first-order valence-corrected chi connectivity index (χ1v) is 8.40. The van der Waals surface area contributed by atoms with E-state index in [0.717, 1.165) is 30.4 Å². The molecule has 0 unspecified atom stereocenters. The summed E-state index contributed by atoms with van der Waals surface area (Å²) in [5, 5.41) is 5.67. The lowest BCUT2D eigenvalue weighted by atomic mass is 10.1. The number of ether oxygens (including phenoxy) is 1. The lowest BCUT2D eigenvalue weighted by Gasteiger charge is -2.04. The molecule has 0 aliphatic carbocycles. The number of aromatic nitrogens is 2. The van der Waals surface area contributed by atoms with Crippen LogP contribution in [0.2, 0.25) is 0 Å². The average molecular weight is 345 g/mol. The molecule has 0 aliphatic rings. The summed E-state index contributed by atoms with van der Waals surface area (Å²) in [6, 6.07) is 4.14. The summed E-state index contributed by atoms with van der Waals surface area (Å²) >= 11 is 0. The molecular formula is C18H23N3O4. The number of benzene rings is 1. The van der Waals surface area contributed by atoms with Crippen molar-refractivity contribution in [2.24, 2.45) is 0 Å². The molecule has 0 atom stereocenters. The summed E-state index contributed by atoms with van der Waals surface area (Å²) in [5.74, 6) is -0.584. The van der Waals surface area contributed by atoms with Gasteiger partial charge in [-0.3, -0.25) is 9.89 Å². The van der Waals surface area contributed by atoms with Crippen LogP contribution in [-0.4, -0.2) is 34.9 Å². The molecule has 0 aliphatic heterocycles. The quantitative estimate of drug-likeness (QED) is 0.437.